The molecule has 0 atom stereocenters. The van der Waals surface area contributed by atoms with Gasteiger partial charge in [0.1, 0.15) is 0 Å². The lowest BCUT2D eigenvalue weighted by molar-refractivity contribution is 1.66. The van der Waals surface area contributed by atoms with Crippen LogP contribution in [0.4, 0.5) is 0 Å². The van der Waals surface area contributed by atoms with E-state index in [9.17, 15) is 0 Å². The van der Waals surface area contributed by atoms with Crippen molar-refractivity contribution < 1.29 is 0 Å². The zero-order chi connectivity index (χ0) is 31.6. The normalized spacial score (nSPS) is 11.8. The molecule has 10 aromatic carbocycles. The monoisotopic (exact) mass is 606 g/mol. The fraction of sp³-hybridized carbons (Fsp3) is 0. The fourth-order valence-corrected chi connectivity index (χ4v) is 7.77. The molecule has 0 radical (unpaired) electrons. The van der Waals surface area contributed by atoms with E-state index in [1.54, 1.807) is 0 Å². The lowest BCUT2D eigenvalue weighted by atomic mass is 9.91. The van der Waals surface area contributed by atoms with Gasteiger partial charge in [0.25, 0.3) is 0 Å². The first-order valence-corrected chi connectivity index (χ1v) is 16.7. The highest BCUT2D eigenvalue weighted by atomic mass is 14.2. The zero-order valence-electron chi connectivity index (χ0n) is 26.3. The Kier molecular flexibility index (Phi) is 5.98. The van der Waals surface area contributed by atoms with Crippen LogP contribution in [0.2, 0.25) is 0 Å². The second-order valence-corrected chi connectivity index (χ2v) is 12.9. The molecule has 48 heavy (non-hydrogen) atoms. The van der Waals surface area contributed by atoms with Crippen LogP contribution < -0.4 is 0 Å². The first kappa shape index (κ1) is 26.9. The summed E-state index contributed by atoms with van der Waals surface area (Å²) < 4.78 is 0. The van der Waals surface area contributed by atoms with E-state index < -0.39 is 0 Å². The molecule has 0 unspecified atom stereocenters. The van der Waals surface area contributed by atoms with Crippen LogP contribution in [0.1, 0.15) is 0 Å². The van der Waals surface area contributed by atoms with Crippen molar-refractivity contribution in [1.29, 1.82) is 0 Å². The van der Waals surface area contributed by atoms with E-state index in [0.29, 0.717) is 0 Å². The topological polar surface area (TPSA) is 0 Å². The molecule has 0 aliphatic rings. The van der Waals surface area contributed by atoms with E-state index in [2.05, 4.69) is 182 Å². The van der Waals surface area contributed by atoms with Gasteiger partial charge in [-0.15, -0.1) is 0 Å². The van der Waals surface area contributed by atoms with Gasteiger partial charge in [0.15, 0.2) is 0 Å². The molecule has 0 N–H and O–H groups in total. The van der Waals surface area contributed by atoms with Crippen molar-refractivity contribution >= 4 is 64.6 Å². The van der Waals surface area contributed by atoms with E-state index in [1.807, 2.05) is 0 Å². The Morgan fingerprint density at radius 3 is 0.917 bits per heavy atom. The Morgan fingerprint density at radius 1 is 0.188 bits per heavy atom. The minimum Gasteiger partial charge on any atom is -0.0616 e. The Bertz CT molecular complexity index is 2690. The highest BCUT2D eigenvalue weighted by Crippen LogP contribution is 2.39. The third-order valence-electron chi connectivity index (χ3n) is 10.2. The summed E-state index contributed by atoms with van der Waals surface area (Å²) in [5.41, 5.74) is 7.52. The minimum absolute atomic E-state index is 1.23. The molecule has 0 saturated carbocycles. The van der Waals surface area contributed by atoms with E-state index in [-0.39, 0.29) is 0 Å². The predicted molar refractivity (Wildman–Crippen MR) is 208 cm³/mol. The average Bonchev–Trinajstić information content (AvgIpc) is 3.16. The molecule has 0 heterocycles. The molecule has 0 aliphatic carbocycles. The molecule has 0 aliphatic heterocycles. The maximum absolute atomic E-state index is 2.34. The molecule has 0 saturated heterocycles. The summed E-state index contributed by atoms with van der Waals surface area (Å²) in [7, 11) is 0. The molecule has 0 nitrogen and oxygen atoms in total. The van der Waals surface area contributed by atoms with Crippen LogP contribution in [0.5, 0.6) is 0 Å². The van der Waals surface area contributed by atoms with Crippen LogP contribution in [-0.4, -0.2) is 0 Å². The predicted octanol–water partition coefficient (Wildman–Crippen LogP) is 13.6. The largest absolute Gasteiger partial charge is 0.0616 e. The SMILES string of the molecule is c1ccc2c(c1)cc(-c1ccc3cc(-c4ccc5cc(-c6cc7ccccc7c7ccccc67)ccc5c4)ccc3c1)c1ccccc12. The highest BCUT2D eigenvalue weighted by molar-refractivity contribution is 6.15. The van der Waals surface area contributed by atoms with Crippen LogP contribution in [0.15, 0.2) is 182 Å². The number of fused-ring (bicyclic) bond motifs is 8. The van der Waals surface area contributed by atoms with Gasteiger partial charge in [-0.1, -0.05) is 146 Å². The number of benzene rings is 10. The number of hydrogen-bond donors (Lipinski definition) is 0. The van der Waals surface area contributed by atoms with Crippen molar-refractivity contribution in [3.63, 3.8) is 0 Å². The van der Waals surface area contributed by atoms with Crippen molar-refractivity contribution in [2.45, 2.75) is 0 Å². The third kappa shape index (κ3) is 4.31. The van der Waals surface area contributed by atoms with Gasteiger partial charge in [-0.3, -0.25) is 0 Å². The smallest absolute Gasteiger partial charge is 0.00988 e. The molecule has 0 fully saturated rings. The molecule has 10 aromatic rings. The molecule has 222 valence electrons. The fourth-order valence-electron chi connectivity index (χ4n) is 7.77. The average molecular weight is 607 g/mol. The van der Waals surface area contributed by atoms with Crippen LogP contribution in [0.3, 0.4) is 0 Å². The summed E-state index contributed by atoms with van der Waals surface area (Å²) in [6.07, 6.45) is 0. The van der Waals surface area contributed by atoms with Crippen LogP contribution >= 0.6 is 0 Å². The van der Waals surface area contributed by atoms with Gasteiger partial charge < -0.3 is 0 Å². The third-order valence-corrected chi connectivity index (χ3v) is 10.2. The Balaban J connectivity index is 1.02. The first-order chi connectivity index (χ1) is 23.8. The molecule has 0 bridgehead atoms. The summed E-state index contributed by atoms with van der Waals surface area (Å²) >= 11 is 0. The molecule has 0 aromatic heterocycles. The summed E-state index contributed by atoms with van der Waals surface area (Å²) in [5, 5.41) is 15.3. The summed E-state index contributed by atoms with van der Waals surface area (Å²) in [6, 6.07) is 67.1. The summed E-state index contributed by atoms with van der Waals surface area (Å²) in [5.74, 6) is 0. The molecular formula is C48H30. The van der Waals surface area contributed by atoms with Gasteiger partial charge in [0, 0.05) is 0 Å². The Hall–Kier alpha value is -6.24. The van der Waals surface area contributed by atoms with Gasteiger partial charge in [0.05, 0.1) is 0 Å². The maximum atomic E-state index is 2.34. The summed E-state index contributed by atoms with van der Waals surface area (Å²) in [4.78, 5) is 0. The van der Waals surface area contributed by atoms with Crippen LogP contribution in [0, 0.1) is 0 Å². The second-order valence-electron chi connectivity index (χ2n) is 12.9. The zero-order valence-corrected chi connectivity index (χ0v) is 26.3. The summed E-state index contributed by atoms with van der Waals surface area (Å²) in [6.45, 7) is 0. The van der Waals surface area contributed by atoms with Crippen molar-refractivity contribution in [2.24, 2.45) is 0 Å². The molecule has 10 rings (SSSR count). The quantitative estimate of drug-likeness (QED) is 0.176. The molecule has 0 amide bonds. The van der Waals surface area contributed by atoms with E-state index in [1.165, 1.54) is 98.0 Å². The van der Waals surface area contributed by atoms with Gasteiger partial charge in [-0.25, -0.2) is 0 Å². The van der Waals surface area contributed by atoms with Crippen molar-refractivity contribution in [3.8, 4) is 33.4 Å². The number of hydrogen-bond acceptors (Lipinski definition) is 0. The lowest BCUT2D eigenvalue weighted by Crippen LogP contribution is -1.86. The van der Waals surface area contributed by atoms with Crippen molar-refractivity contribution in [1.82, 2.24) is 0 Å². The van der Waals surface area contributed by atoms with Gasteiger partial charge in [0.2, 0.25) is 0 Å². The molecular weight excluding hydrogens is 577 g/mol. The van der Waals surface area contributed by atoms with Crippen LogP contribution in [0.25, 0.3) is 98.0 Å². The van der Waals surface area contributed by atoms with Crippen molar-refractivity contribution in [2.75, 3.05) is 0 Å². The van der Waals surface area contributed by atoms with E-state index in [0.717, 1.165) is 0 Å². The molecule has 0 spiro atoms. The lowest BCUT2D eigenvalue weighted by Gasteiger charge is -2.13. The Labute approximate surface area is 279 Å². The van der Waals surface area contributed by atoms with E-state index in [4.69, 9.17) is 0 Å². The first-order valence-electron chi connectivity index (χ1n) is 16.7. The standard InChI is InChI=1S/C48H30/c1-3-11-41-37(9-1)29-47(45-15-7-5-13-43(41)45)39-23-21-33-25-31(17-19-35(33)27-39)32-18-20-36-28-40(24-22-34(36)26-32)48-30-38-10-2-4-12-42(38)44-14-6-8-16-46(44)48/h1-30H. The second kappa shape index (κ2) is 10.7. The van der Waals surface area contributed by atoms with Gasteiger partial charge in [-0.2, -0.15) is 0 Å². The van der Waals surface area contributed by atoms with Crippen LogP contribution in [-0.2, 0) is 0 Å². The maximum Gasteiger partial charge on any atom is -0.00988 e. The Morgan fingerprint density at radius 2 is 0.500 bits per heavy atom. The van der Waals surface area contributed by atoms with Gasteiger partial charge in [-0.05, 0) is 134 Å². The van der Waals surface area contributed by atoms with Gasteiger partial charge >= 0.3 is 0 Å². The number of rotatable bonds is 3. The minimum atomic E-state index is 1.23. The molecule has 0 heteroatoms. The highest BCUT2D eigenvalue weighted by Gasteiger charge is 2.12. The van der Waals surface area contributed by atoms with E-state index >= 15 is 0 Å². The van der Waals surface area contributed by atoms with Crippen molar-refractivity contribution in [3.05, 3.63) is 182 Å².